The van der Waals surface area contributed by atoms with Gasteiger partial charge in [0.1, 0.15) is 0 Å². The van der Waals surface area contributed by atoms with Gasteiger partial charge in [-0.25, -0.2) is 0 Å². The van der Waals surface area contributed by atoms with E-state index in [0.29, 0.717) is 6.42 Å². The van der Waals surface area contributed by atoms with Gasteiger partial charge in [0.2, 0.25) is 5.91 Å². The van der Waals surface area contributed by atoms with Crippen LogP contribution < -0.4 is 4.90 Å². The number of piperazine rings is 1. The number of nitrogens with zero attached hydrogens (tertiary/aromatic N) is 2. The molecule has 0 unspecified atom stereocenters. The second kappa shape index (κ2) is 7.06. The van der Waals surface area contributed by atoms with Gasteiger partial charge in [0, 0.05) is 43.3 Å². The minimum Gasteiger partial charge on any atom is -0.368 e. The van der Waals surface area contributed by atoms with Gasteiger partial charge >= 0.3 is 0 Å². The molecule has 0 aromatic heterocycles. The lowest BCUT2D eigenvalue weighted by molar-refractivity contribution is -0.131. The van der Waals surface area contributed by atoms with Crippen molar-refractivity contribution in [2.24, 2.45) is 0 Å². The Morgan fingerprint density at radius 2 is 2.00 bits per heavy atom. The summed E-state index contributed by atoms with van der Waals surface area (Å²) in [7, 11) is 0. The Balaban J connectivity index is 1.87. The van der Waals surface area contributed by atoms with E-state index in [1.54, 1.807) is 0 Å². The fraction of sp³-hybridized carbons (Fsp3) is 0.500. The average molecular weight is 299 g/mol. The Bertz CT molecular complexity index is 433. The van der Waals surface area contributed by atoms with E-state index in [1.807, 2.05) is 23.1 Å². The Hall–Kier alpha value is -0.870. The normalized spacial score (nSPS) is 15.7. The molecule has 19 heavy (non-hydrogen) atoms. The topological polar surface area (TPSA) is 23.6 Å². The van der Waals surface area contributed by atoms with Crippen LogP contribution in [0.2, 0.25) is 5.02 Å². The summed E-state index contributed by atoms with van der Waals surface area (Å²) in [5.41, 5.74) is 1.13. The van der Waals surface area contributed by atoms with Gasteiger partial charge in [-0.15, -0.1) is 0 Å². The summed E-state index contributed by atoms with van der Waals surface area (Å²) in [5, 5.41) is 0.754. The summed E-state index contributed by atoms with van der Waals surface area (Å²) >= 11 is 10.1. The van der Waals surface area contributed by atoms with Gasteiger partial charge in [0.15, 0.2) is 0 Å². The number of carbonyl (C=O) groups is 1. The lowest BCUT2D eigenvalue weighted by atomic mass is 10.2. The third-order valence-corrected chi connectivity index (χ3v) is 3.91. The highest BCUT2D eigenvalue weighted by Gasteiger charge is 2.20. The Morgan fingerprint density at radius 3 is 2.63 bits per heavy atom. The number of thiol groups is 1. The smallest absolute Gasteiger partial charge is 0.222 e. The molecule has 1 fully saturated rings. The van der Waals surface area contributed by atoms with Crippen LogP contribution in [-0.4, -0.2) is 42.7 Å². The molecule has 0 spiro atoms. The van der Waals surface area contributed by atoms with Crippen molar-refractivity contribution >= 4 is 35.8 Å². The fourth-order valence-electron chi connectivity index (χ4n) is 2.28. The number of benzene rings is 1. The highest BCUT2D eigenvalue weighted by molar-refractivity contribution is 7.80. The van der Waals surface area contributed by atoms with E-state index >= 15 is 0 Å². The quantitative estimate of drug-likeness (QED) is 0.864. The van der Waals surface area contributed by atoms with Crippen LogP contribution >= 0.6 is 24.2 Å². The van der Waals surface area contributed by atoms with Gasteiger partial charge < -0.3 is 9.80 Å². The highest BCUT2D eigenvalue weighted by Crippen LogP contribution is 2.20. The molecule has 2 rings (SSSR count). The maximum Gasteiger partial charge on any atom is 0.222 e. The van der Waals surface area contributed by atoms with Crippen LogP contribution in [0.3, 0.4) is 0 Å². The minimum atomic E-state index is 0.250. The molecule has 0 aliphatic carbocycles. The standard InChI is InChI=1S/C14H19ClN2OS/c15-12-3-1-4-13(11-12)16-6-8-17(9-7-16)14(18)5-2-10-19/h1,3-4,11,19H,2,5-10H2. The lowest BCUT2D eigenvalue weighted by Crippen LogP contribution is -2.48. The summed E-state index contributed by atoms with van der Waals surface area (Å²) in [5.74, 6) is 1.02. The molecular weight excluding hydrogens is 280 g/mol. The molecule has 0 bridgehead atoms. The summed E-state index contributed by atoms with van der Waals surface area (Å²) < 4.78 is 0. The van der Waals surface area contributed by atoms with E-state index in [4.69, 9.17) is 11.6 Å². The van der Waals surface area contributed by atoms with Gasteiger partial charge in [-0.1, -0.05) is 17.7 Å². The van der Waals surface area contributed by atoms with Crippen LogP contribution in [0, 0.1) is 0 Å². The molecule has 1 aliphatic heterocycles. The number of hydrogen-bond donors (Lipinski definition) is 1. The Labute approximate surface area is 124 Å². The van der Waals surface area contributed by atoms with Crippen LogP contribution in [0.5, 0.6) is 0 Å². The molecule has 104 valence electrons. The second-order valence-corrected chi connectivity index (χ2v) is 5.56. The lowest BCUT2D eigenvalue weighted by Gasteiger charge is -2.36. The van der Waals surface area contributed by atoms with E-state index in [-0.39, 0.29) is 5.91 Å². The van der Waals surface area contributed by atoms with E-state index in [2.05, 4.69) is 23.6 Å². The van der Waals surface area contributed by atoms with Crippen molar-refractivity contribution in [1.29, 1.82) is 0 Å². The number of hydrogen-bond acceptors (Lipinski definition) is 3. The van der Waals surface area contributed by atoms with Crippen molar-refractivity contribution < 1.29 is 4.79 Å². The summed E-state index contributed by atoms with van der Waals surface area (Å²) in [4.78, 5) is 16.1. The minimum absolute atomic E-state index is 0.250. The van der Waals surface area contributed by atoms with Crippen LogP contribution in [0.15, 0.2) is 24.3 Å². The molecule has 0 atom stereocenters. The van der Waals surface area contributed by atoms with E-state index in [9.17, 15) is 4.79 Å². The molecule has 0 radical (unpaired) electrons. The molecule has 1 aromatic rings. The maximum absolute atomic E-state index is 11.9. The van der Waals surface area contributed by atoms with Gasteiger partial charge in [-0.05, 0) is 30.4 Å². The first-order valence-electron chi connectivity index (χ1n) is 6.60. The largest absolute Gasteiger partial charge is 0.368 e. The van der Waals surface area contributed by atoms with Gasteiger partial charge in [0.05, 0.1) is 0 Å². The van der Waals surface area contributed by atoms with Gasteiger partial charge in [0.25, 0.3) is 0 Å². The van der Waals surface area contributed by atoms with E-state index < -0.39 is 0 Å². The number of anilines is 1. The molecule has 1 aromatic carbocycles. The molecule has 0 N–H and O–H groups in total. The van der Waals surface area contributed by atoms with Crippen molar-refractivity contribution in [3.63, 3.8) is 0 Å². The average Bonchev–Trinajstić information content (AvgIpc) is 2.45. The van der Waals surface area contributed by atoms with Crippen LogP contribution in [0.25, 0.3) is 0 Å². The summed E-state index contributed by atoms with van der Waals surface area (Å²) in [6.45, 7) is 3.32. The number of carbonyl (C=O) groups excluding carboxylic acids is 1. The predicted molar refractivity (Wildman–Crippen MR) is 83.3 cm³/mol. The molecular formula is C14H19ClN2OS. The van der Waals surface area contributed by atoms with Crippen molar-refractivity contribution in [2.75, 3.05) is 36.8 Å². The van der Waals surface area contributed by atoms with Gasteiger partial charge in [-0.3, -0.25) is 4.79 Å². The second-order valence-electron chi connectivity index (χ2n) is 4.67. The number of amides is 1. The van der Waals surface area contributed by atoms with Crippen LogP contribution in [-0.2, 0) is 4.79 Å². The van der Waals surface area contributed by atoms with Gasteiger partial charge in [-0.2, -0.15) is 12.6 Å². The van der Waals surface area contributed by atoms with Crippen molar-refractivity contribution in [1.82, 2.24) is 4.90 Å². The third kappa shape index (κ3) is 4.05. The van der Waals surface area contributed by atoms with E-state index in [1.165, 1.54) is 0 Å². The summed E-state index contributed by atoms with van der Waals surface area (Å²) in [6.07, 6.45) is 1.47. The monoisotopic (exact) mass is 298 g/mol. The SMILES string of the molecule is O=C(CCCS)N1CCN(c2cccc(Cl)c2)CC1. The molecule has 1 amide bonds. The zero-order chi connectivity index (χ0) is 13.7. The first kappa shape index (κ1) is 14.5. The first-order valence-corrected chi connectivity index (χ1v) is 7.61. The molecule has 3 nitrogen and oxygen atoms in total. The van der Waals surface area contributed by atoms with Crippen LogP contribution in [0.4, 0.5) is 5.69 Å². The molecule has 1 heterocycles. The Kier molecular flexibility index (Phi) is 5.40. The predicted octanol–water partition coefficient (Wildman–Crippen LogP) is 2.70. The summed E-state index contributed by atoms with van der Waals surface area (Å²) in [6, 6.07) is 7.87. The van der Waals surface area contributed by atoms with Crippen molar-refractivity contribution in [3.8, 4) is 0 Å². The Morgan fingerprint density at radius 1 is 1.26 bits per heavy atom. The highest BCUT2D eigenvalue weighted by atomic mass is 35.5. The van der Waals surface area contributed by atoms with Crippen LogP contribution in [0.1, 0.15) is 12.8 Å². The molecule has 1 saturated heterocycles. The number of halogens is 1. The number of rotatable bonds is 4. The van der Waals surface area contributed by atoms with Crippen molar-refractivity contribution in [2.45, 2.75) is 12.8 Å². The fourth-order valence-corrected chi connectivity index (χ4v) is 2.62. The van der Waals surface area contributed by atoms with Crippen molar-refractivity contribution in [3.05, 3.63) is 29.3 Å². The first-order chi connectivity index (χ1) is 9.20. The third-order valence-electron chi connectivity index (χ3n) is 3.35. The van der Waals surface area contributed by atoms with E-state index in [0.717, 1.165) is 49.1 Å². The zero-order valence-corrected chi connectivity index (χ0v) is 12.5. The zero-order valence-electron chi connectivity index (χ0n) is 10.9. The molecule has 0 saturated carbocycles. The molecule has 1 aliphatic rings. The molecule has 5 heteroatoms. The maximum atomic E-state index is 11.9.